The summed E-state index contributed by atoms with van der Waals surface area (Å²) in [6.07, 6.45) is 0. The number of methoxy groups -OCH3 is 1. The minimum Gasteiger partial charge on any atom is -0.495 e. The zero-order chi connectivity index (χ0) is 24.5. The first-order chi connectivity index (χ1) is 16.2. The third-order valence-electron chi connectivity index (χ3n) is 5.11. The second kappa shape index (κ2) is 10.3. The Morgan fingerprint density at radius 1 is 1.29 bits per heavy atom. The van der Waals surface area contributed by atoms with Crippen LogP contribution in [-0.4, -0.2) is 57.0 Å². The highest BCUT2D eigenvalue weighted by Crippen LogP contribution is 2.46. The minimum absolute atomic E-state index is 0.0731. The molecule has 5 N–H and O–H groups in total. The summed E-state index contributed by atoms with van der Waals surface area (Å²) in [5.74, 6) is 0.593. The monoisotopic (exact) mass is 623 g/mol. The highest BCUT2D eigenvalue weighted by Gasteiger charge is 2.33. The Balaban J connectivity index is 1.79. The van der Waals surface area contributed by atoms with Gasteiger partial charge in [-0.05, 0) is 29.8 Å². The van der Waals surface area contributed by atoms with E-state index in [1.165, 1.54) is 19.2 Å². The molecule has 1 aliphatic heterocycles. The zero-order valence-electron chi connectivity index (χ0n) is 17.9. The Morgan fingerprint density at radius 3 is 2.65 bits per heavy atom. The molecule has 1 atom stereocenters. The Labute approximate surface area is 215 Å². The van der Waals surface area contributed by atoms with Crippen LogP contribution >= 0.6 is 34.2 Å². The molecule has 1 aliphatic rings. The highest BCUT2D eigenvalue weighted by atomic mass is 127. The number of benzene rings is 2. The van der Waals surface area contributed by atoms with Gasteiger partial charge in [-0.1, -0.05) is 17.7 Å². The predicted molar refractivity (Wildman–Crippen MR) is 136 cm³/mol. The van der Waals surface area contributed by atoms with Crippen molar-refractivity contribution in [1.82, 2.24) is 24.8 Å². The van der Waals surface area contributed by atoms with Crippen molar-refractivity contribution in [3.63, 3.8) is 0 Å². The fraction of sp³-hybridized carbons (Fsp3) is 0.300. The number of nitrogens with zero attached hydrogens (tertiary/aromatic N) is 3. The smallest absolute Gasteiger partial charge is 0.322 e. The van der Waals surface area contributed by atoms with Crippen LogP contribution in [0.3, 0.4) is 0 Å². The second-order valence-corrected chi connectivity index (χ2v) is 10.6. The lowest BCUT2D eigenvalue weighted by molar-refractivity contribution is 0.128. The van der Waals surface area contributed by atoms with Crippen molar-refractivity contribution in [2.75, 3.05) is 44.3 Å². The van der Waals surface area contributed by atoms with E-state index in [2.05, 4.69) is 25.8 Å². The number of hydrogen-bond donors (Lipinski definition) is 4. The third-order valence-corrected chi connectivity index (χ3v) is 7.51. The Bertz CT molecular complexity index is 1220. The second-order valence-electron chi connectivity index (χ2n) is 7.34. The number of aromatic amines is 1. The quantitative estimate of drug-likeness (QED) is 0.233. The van der Waals surface area contributed by atoms with Crippen molar-refractivity contribution in [2.24, 2.45) is 0 Å². The number of piperazine rings is 1. The van der Waals surface area contributed by atoms with Crippen LogP contribution in [0.5, 0.6) is 5.75 Å². The minimum atomic E-state index is -3.26. The van der Waals surface area contributed by atoms with Crippen LogP contribution in [0.1, 0.15) is 5.56 Å². The summed E-state index contributed by atoms with van der Waals surface area (Å²) in [4.78, 5) is 4.30. The molecule has 0 aliphatic carbocycles. The maximum Gasteiger partial charge on any atom is 0.322 e. The van der Waals surface area contributed by atoms with Gasteiger partial charge in [-0.2, -0.15) is 13.8 Å². The first kappa shape index (κ1) is 25.0. The Hall–Kier alpha value is -2.07. The van der Waals surface area contributed by atoms with Gasteiger partial charge in [0.15, 0.2) is 0 Å². The highest BCUT2D eigenvalue weighted by molar-refractivity contribution is 14.1. The fourth-order valence-corrected chi connectivity index (χ4v) is 5.67. The van der Waals surface area contributed by atoms with E-state index in [-0.39, 0.29) is 33.7 Å². The zero-order valence-corrected chi connectivity index (χ0v) is 21.6. The summed E-state index contributed by atoms with van der Waals surface area (Å²) >= 11 is 7.58. The number of halogens is 4. The topological polar surface area (TPSA) is 121 Å². The number of hydrogen-bond acceptors (Lipinski definition) is 7. The van der Waals surface area contributed by atoms with Crippen molar-refractivity contribution >= 4 is 62.8 Å². The standard InChI is InChI=1S/C20H21ClF2IN7O2S/c1-33-15-3-2-11(8-16(15)34(32)31-6-4-26-5-7-31)17-13(20(22,23)24)9-12(10-14(17)21)27-19-28-18(25)29-30-19/h2-3,8-10,26H,4-7H2,1H3,(H4,25,27,28,29,30). The molecule has 4 rings (SSSR count). The van der Waals surface area contributed by atoms with Crippen molar-refractivity contribution in [3.8, 4) is 16.9 Å². The molecule has 14 heteroatoms. The Morgan fingerprint density at radius 2 is 2.03 bits per heavy atom. The largest absolute Gasteiger partial charge is 0.495 e. The van der Waals surface area contributed by atoms with Crippen LogP contribution in [0.2, 0.25) is 5.02 Å². The van der Waals surface area contributed by atoms with E-state index in [0.29, 0.717) is 42.4 Å². The molecular formula is C20H21ClF2IN7O2S. The van der Waals surface area contributed by atoms with Gasteiger partial charge in [-0.3, -0.25) is 0 Å². The summed E-state index contributed by atoms with van der Waals surface area (Å²) in [5.41, 5.74) is 5.98. The van der Waals surface area contributed by atoms with E-state index < -0.39 is 14.9 Å². The van der Waals surface area contributed by atoms with Crippen LogP contribution in [0.25, 0.3) is 11.1 Å². The summed E-state index contributed by atoms with van der Waals surface area (Å²) in [6, 6.07) is 7.59. The number of nitrogens with two attached hydrogens (primary N) is 1. The molecule has 0 amide bonds. The van der Waals surface area contributed by atoms with E-state index in [4.69, 9.17) is 22.1 Å². The first-order valence-electron chi connectivity index (χ1n) is 10.1. The van der Waals surface area contributed by atoms with Gasteiger partial charge in [-0.25, -0.2) is 13.6 Å². The van der Waals surface area contributed by atoms with E-state index in [9.17, 15) is 13.0 Å². The molecule has 1 aromatic heterocycles. The van der Waals surface area contributed by atoms with Crippen LogP contribution in [-0.2, 0) is 14.9 Å². The maximum absolute atomic E-state index is 14.7. The van der Waals surface area contributed by atoms with Gasteiger partial charge < -0.3 is 21.1 Å². The van der Waals surface area contributed by atoms with Gasteiger partial charge in [-0.15, -0.1) is 5.10 Å². The van der Waals surface area contributed by atoms with E-state index >= 15 is 0 Å². The summed E-state index contributed by atoms with van der Waals surface area (Å²) in [5, 5.41) is 12.4. The molecule has 0 radical (unpaired) electrons. The van der Waals surface area contributed by atoms with Crippen molar-refractivity contribution in [2.45, 2.75) is 8.82 Å². The maximum atomic E-state index is 14.7. The number of aromatic nitrogens is 3. The van der Waals surface area contributed by atoms with Crippen molar-refractivity contribution < 1.29 is 17.7 Å². The molecule has 0 bridgehead atoms. The molecule has 34 heavy (non-hydrogen) atoms. The molecule has 0 saturated carbocycles. The lowest BCUT2D eigenvalue weighted by Crippen LogP contribution is -2.44. The lowest BCUT2D eigenvalue weighted by Gasteiger charge is -2.27. The summed E-state index contributed by atoms with van der Waals surface area (Å²) in [6.45, 7) is 2.58. The first-order valence-corrected chi connectivity index (χ1v) is 12.7. The van der Waals surface area contributed by atoms with Crippen molar-refractivity contribution in [3.05, 3.63) is 40.9 Å². The van der Waals surface area contributed by atoms with Crippen molar-refractivity contribution in [1.29, 1.82) is 0 Å². The molecule has 0 spiro atoms. The number of ether oxygens (including phenoxy) is 1. The molecule has 3 aromatic rings. The van der Waals surface area contributed by atoms with Crippen LogP contribution in [0, 0.1) is 0 Å². The van der Waals surface area contributed by atoms with Crippen LogP contribution in [0.15, 0.2) is 35.2 Å². The molecule has 182 valence electrons. The lowest BCUT2D eigenvalue weighted by atomic mass is 9.98. The van der Waals surface area contributed by atoms with E-state index in [1.54, 1.807) is 18.2 Å². The molecule has 1 saturated heterocycles. The number of nitrogens with one attached hydrogen (secondary N) is 3. The fourth-order valence-electron chi connectivity index (χ4n) is 3.57. The number of rotatable bonds is 7. The SMILES string of the molecule is COc1ccc(-c2c(Cl)cc(Nc3n[nH]c(N)n3)cc2C(F)(F)I)cc1S(=O)N1CCNCC1. The molecule has 9 nitrogen and oxygen atoms in total. The number of anilines is 3. The number of H-pyrrole nitrogens is 1. The van der Waals surface area contributed by atoms with Gasteiger partial charge in [0, 0.05) is 65.6 Å². The molecular weight excluding hydrogens is 603 g/mol. The van der Waals surface area contributed by atoms with Gasteiger partial charge in [0.05, 0.1) is 17.0 Å². The van der Waals surface area contributed by atoms with Crippen LogP contribution < -0.4 is 21.1 Å². The average molecular weight is 624 g/mol. The van der Waals surface area contributed by atoms with Gasteiger partial charge in [0.1, 0.15) is 16.7 Å². The average Bonchev–Trinajstić information content (AvgIpc) is 3.22. The molecule has 2 aromatic carbocycles. The van der Waals surface area contributed by atoms with Gasteiger partial charge in [0.2, 0.25) is 11.9 Å². The summed E-state index contributed by atoms with van der Waals surface area (Å²) in [7, 11) is -0.0633. The number of nitrogen functional groups attached to an aromatic ring is 1. The number of alkyl halides is 3. The normalized spacial score (nSPS) is 15.8. The van der Waals surface area contributed by atoms with E-state index in [1.807, 2.05) is 4.31 Å². The van der Waals surface area contributed by atoms with E-state index in [0.717, 1.165) is 22.6 Å². The summed E-state index contributed by atoms with van der Waals surface area (Å²) < 4.78 is 46.7. The van der Waals surface area contributed by atoms with Gasteiger partial charge in [0.25, 0.3) is 0 Å². The molecule has 1 unspecified atom stereocenters. The predicted octanol–water partition coefficient (Wildman–Crippen LogP) is 3.87. The Kier molecular flexibility index (Phi) is 7.57. The third kappa shape index (κ3) is 5.43. The van der Waals surface area contributed by atoms with Crippen LogP contribution in [0.4, 0.5) is 26.4 Å². The van der Waals surface area contributed by atoms with Gasteiger partial charge >= 0.3 is 3.93 Å². The molecule has 2 heterocycles. The molecule has 1 fully saturated rings.